The second-order valence-electron chi connectivity index (χ2n) is 6.03. The van der Waals surface area contributed by atoms with Gasteiger partial charge in [0, 0.05) is 25.2 Å². The molecule has 1 aromatic rings. The minimum Gasteiger partial charge on any atom is -0.315 e. The van der Waals surface area contributed by atoms with Crippen LogP contribution in [-0.2, 0) is 0 Å². The van der Waals surface area contributed by atoms with Gasteiger partial charge in [0.2, 0.25) is 0 Å². The SMILES string of the molecule is CC(CN(C1CC1)C1CCNC1)c1ccc(F)cc1.Cl. The summed E-state index contributed by atoms with van der Waals surface area (Å²) in [5.41, 5.74) is 1.25. The molecule has 0 bridgehead atoms. The van der Waals surface area contributed by atoms with E-state index in [0.29, 0.717) is 12.0 Å². The van der Waals surface area contributed by atoms with E-state index < -0.39 is 0 Å². The van der Waals surface area contributed by atoms with E-state index in [-0.39, 0.29) is 18.2 Å². The molecule has 112 valence electrons. The fourth-order valence-corrected chi connectivity index (χ4v) is 3.14. The van der Waals surface area contributed by atoms with Crippen molar-refractivity contribution in [1.29, 1.82) is 0 Å². The molecule has 2 fully saturated rings. The van der Waals surface area contributed by atoms with E-state index in [1.54, 1.807) is 12.1 Å². The van der Waals surface area contributed by atoms with Crippen LogP contribution in [0.1, 0.15) is 37.7 Å². The Balaban J connectivity index is 0.00000147. The number of nitrogens with zero attached hydrogens (tertiary/aromatic N) is 1. The smallest absolute Gasteiger partial charge is 0.123 e. The molecular weight excluding hydrogens is 275 g/mol. The van der Waals surface area contributed by atoms with Crippen LogP contribution in [-0.4, -0.2) is 36.6 Å². The highest BCUT2D eigenvalue weighted by Crippen LogP contribution is 2.32. The maximum Gasteiger partial charge on any atom is 0.123 e. The highest BCUT2D eigenvalue weighted by atomic mass is 35.5. The molecule has 3 rings (SSSR count). The average molecular weight is 299 g/mol. The summed E-state index contributed by atoms with van der Waals surface area (Å²) >= 11 is 0. The molecule has 4 heteroatoms. The van der Waals surface area contributed by atoms with Gasteiger partial charge in [0.1, 0.15) is 5.82 Å². The average Bonchev–Trinajstić information content (AvgIpc) is 3.11. The molecule has 1 saturated carbocycles. The molecule has 0 amide bonds. The fraction of sp³-hybridized carbons (Fsp3) is 0.625. The van der Waals surface area contributed by atoms with Gasteiger partial charge in [-0.2, -0.15) is 0 Å². The molecule has 0 radical (unpaired) electrons. The molecule has 1 heterocycles. The molecule has 1 aliphatic heterocycles. The Labute approximate surface area is 127 Å². The Morgan fingerprint density at radius 2 is 1.90 bits per heavy atom. The molecule has 1 saturated heterocycles. The normalized spacial score (nSPS) is 23.6. The Bertz CT molecular complexity index is 413. The number of halogens is 2. The number of hydrogen-bond donors (Lipinski definition) is 1. The lowest BCUT2D eigenvalue weighted by Crippen LogP contribution is -2.40. The minimum atomic E-state index is -0.144. The van der Waals surface area contributed by atoms with Crippen LogP contribution in [0.25, 0.3) is 0 Å². The quantitative estimate of drug-likeness (QED) is 0.898. The Kier molecular flexibility index (Phi) is 5.42. The maximum atomic E-state index is 13.0. The maximum absolute atomic E-state index is 13.0. The van der Waals surface area contributed by atoms with Crippen LogP contribution in [0.4, 0.5) is 4.39 Å². The first-order valence-electron chi connectivity index (χ1n) is 7.46. The van der Waals surface area contributed by atoms with Gasteiger partial charge in [0.25, 0.3) is 0 Å². The first kappa shape index (κ1) is 15.7. The summed E-state index contributed by atoms with van der Waals surface area (Å²) in [7, 11) is 0. The minimum absolute atomic E-state index is 0. The topological polar surface area (TPSA) is 15.3 Å². The van der Waals surface area contributed by atoms with E-state index in [9.17, 15) is 4.39 Å². The summed E-state index contributed by atoms with van der Waals surface area (Å²) in [4.78, 5) is 2.69. The second-order valence-corrected chi connectivity index (χ2v) is 6.03. The molecule has 2 atom stereocenters. The fourth-order valence-electron chi connectivity index (χ4n) is 3.14. The zero-order valence-electron chi connectivity index (χ0n) is 12.0. The molecule has 2 aliphatic rings. The third-order valence-electron chi connectivity index (χ3n) is 4.44. The largest absolute Gasteiger partial charge is 0.315 e. The summed E-state index contributed by atoms with van der Waals surface area (Å²) in [6.45, 7) is 5.64. The predicted molar refractivity (Wildman–Crippen MR) is 83.1 cm³/mol. The zero-order chi connectivity index (χ0) is 13.2. The summed E-state index contributed by atoms with van der Waals surface area (Å²) in [6, 6.07) is 8.51. The van der Waals surface area contributed by atoms with Gasteiger partial charge in [-0.3, -0.25) is 4.90 Å². The van der Waals surface area contributed by atoms with E-state index in [1.807, 2.05) is 12.1 Å². The van der Waals surface area contributed by atoms with E-state index in [4.69, 9.17) is 0 Å². The standard InChI is InChI=1S/C16H23FN2.ClH/c1-12(13-2-4-14(17)5-3-13)11-19(15-6-7-15)16-8-9-18-10-16;/h2-5,12,15-16,18H,6-11H2,1H3;1H. The Morgan fingerprint density at radius 1 is 1.20 bits per heavy atom. The van der Waals surface area contributed by atoms with Crippen LogP contribution in [0.15, 0.2) is 24.3 Å². The van der Waals surface area contributed by atoms with Crippen LogP contribution in [0.3, 0.4) is 0 Å². The molecule has 1 N–H and O–H groups in total. The van der Waals surface area contributed by atoms with Crippen LogP contribution < -0.4 is 5.32 Å². The van der Waals surface area contributed by atoms with E-state index in [0.717, 1.165) is 25.7 Å². The number of nitrogens with one attached hydrogen (secondary N) is 1. The van der Waals surface area contributed by atoms with Crippen molar-refractivity contribution in [3.05, 3.63) is 35.6 Å². The molecule has 2 unspecified atom stereocenters. The van der Waals surface area contributed by atoms with Gasteiger partial charge >= 0.3 is 0 Å². The molecule has 2 nitrogen and oxygen atoms in total. The van der Waals surface area contributed by atoms with Gasteiger partial charge in [-0.1, -0.05) is 19.1 Å². The highest BCUT2D eigenvalue weighted by Gasteiger charge is 2.35. The zero-order valence-corrected chi connectivity index (χ0v) is 12.8. The monoisotopic (exact) mass is 298 g/mol. The van der Waals surface area contributed by atoms with Crippen LogP contribution in [0.5, 0.6) is 0 Å². The van der Waals surface area contributed by atoms with Crippen molar-refractivity contribution in [3.8, 4) is 0 Å². The van der Waals surface area contributed by atoms with Gasteiger partial charge in [-0.25, -0.2) is 4.39 Å². The first-order valence-corrected chi connectivity index (χ1v) is 7.46. The van der Waals surface area contributed by atoms with Gasteiger partial charge < -0.3 is 5.32 Å². The van der Waals surface area contributed by atoms with Crippen molar-refractivity contribution in [2.75, 3.05) is 19.6 Å². The summed E-state index contributed by atoms with van der Waals surface area (Å²) in [5.74, 6) is 0.330. The van der Waals surface area contributed by atoms with Crippen LogP contribution >= 0.6 is 12.4 Å². The van der Waals surface area contributed by atoms with Crippen molar-refractivity contribution >= 4 is 12.4 Å². The molecule has 20 heavy (non-hydrogen) atoms. The molecule has 1 aromatic carbocycles. The van der Waals surface area contributed by atoms with Crippen molar-refractivity contribution in [2.45, 2.75) is 44.2 Å². The van der Waals surface area contributed by atoms with Crippen LogP contribution in [0, 0.1) is 5.82 Å². The van der Waals surface area contributed by atoms with Crippen molar-refractivity contribution in [3.63, 3.8) is 0 Å². The van der Waals surface area contributed by atoms with Gasteiger partial charge in [0.05, 0.1) is 0 Å². The highest BCUT2D eigenvalue weighted by molar-refractivity contribution is 5.85. The Morgan fingerprint density at radius 3 is 2.45 bits per heavy atom. The lowest BCUT2D eigenvalue weighted by Gasteiger charge is -2.31. The summed E-state index contributed by atoms with van der Waals surface area (Å²) in [6.07, 6.45) is 3.98. The van der Waals surface area contributed by atoms with Gasteiger partial charge in [0.15, 0.2) is 0 Å². The van der Waals surface area contributed by atoms with Crippen LogP contribution in [0.2, 0.25) is 0 Å². The lowest BCUT2D eigenvalue weighted by molar-refractivity contribution is 0.188. The van der Waals surface area contributed by atoms with E-state index in [2.05, 4.69) is 17.1 Å². The molecule has 1 aliphatic carbocycles. The van der Waals surface area contributed by atoms with Crippen molar-refractivity contribution in [1.82, 2.24) is 10.2 Å². The Hall–Kier alpha value is -0.640. The number of rotatable bonds is 5. The lowest BCUT2D eigenvalue weighted by atomic mass is 9.99. The van der Waals surface area contributed by atoms with E-state index in [1.165, 1.54) is 24.8 Å². The third-order valence-corrected chi connectivity index (χ3v) is 4.44. The summed E-state index contributed by atoms with van der Waals surface area (Å²) < 4.78 is 13.0. The van der Waals surface area contributed by atoms with Gasteiger partial charge in [-0.15, -0.1) is 12.4 Å². The van der Waals surface area contributed by atoms with Crippen molar-refractivity contribution in [2.24, 2.45) is 0 Å². The summed E-state index contributed by atoms with van der Waals surface area (Å²) in [5, 5.41) is 3.46. The predicted octanol–water partition coefficient (Wildman–Crippen LogP) is 3.18. The number of benzene rings is 1. The molecular formula is C16H24ClFN2. The molecule has 0 spiro atoms. The van der Waals surface area contributed by atoms with Crippen molar-refractivity contribution < 1.29 is 4.39 Å². The second kappa shape index (κ2) is 6.88. The first-order chi connectivity index (χ1) is 9.24. The third kappa shape index (κ3) is 3.72. The van der Waals surface area contributed by atoms with E-state index >= 15 is 0 Å². The van der Waals surface area contributed by atoms with Gasteiger partial charge in [-0.05, 0) is 49.4 Å². The number of hydrogen-bond acceptors (Lipinski definition) is 2. The molecule has 0 aromatic heterocycles.